The van der Waals surface area contributed by atoms with Crippen molar-refractivity contribution in [1.29, 1.82) is 0 Å². The van der Waals surface area contributed by atoms with Crippen LogP contribution in [0.15, 0.2) is 24.3 Å². The summed E-state index contributed by atoms with van der Waals surface area (Å²) in [5.41, 5.74) is 1.27. The van der Waals surface area contributed by atoms with E-state index in [9.17, 15) is 9.59 Å². The maximum Gasteiger partial charge on any atom is 0.335 e. The minimum absolute atomic E-state index is 0.00602. The van der Waals surface area contributed by atoms with Gasteiger partial charge in [-0.15, -0.1) is 0 Å². The van der Waals surface area contributed by atoms with Crippen molar-refractivity contribution in [2.75, 3.05) is 19.6 Å². The van der Waals surface area contributed by atoms with E-state index < -0.39 is 5.97 Å². The molecule has 0 aromatic heterocycles. The summed E-state index contributed by atoms with van der Waals surface area (Å²) < 4.78 is 0. The van der Waals surface area contributed by atoms with Crippen LogP contribution in [0.5, 0.6) is 0 Å². The summed E-state index contributed by atoms with van der Waals surface area (Å²) in [6, 6.07) is 6.73. The number of benzene rings is 1. The second-order valence-electron chi connectivity index (χ2n) is 4.26. The Labute approximate surface area is 113 Å². The standard InChI is InChI=1S/C14H20N2O3/c1-3-15-13(17)10-16(4-2)9-11-5-7-12(8-6-11)14(18)19/h5-8H,3-4,9-10H2,1-2H3,(H,15,17)(H,18,19). The highest BCUT2D eigenvalue weighted by molar-refractivity contribution is 5.87. The Morgan fingerprint density at radius 1 is 1.21 bits per heavy atom. The van der Waals surface area contributed by atoms with Crippen LogP contribution >= 0.6 is 0 Å². The zero-order valence-electron chi connectivity index (χ0n) is 11.3. The zero-order valence-corrected chi connectivity index (χ0v) is 11.3. The van der Waals surface area contributed by atoms with E-state index in [-0.39, 0.29) is 11.5 Å². The summed E-state index contributed by atoms with van der Waals surface area (Å²) in [4.78, 5) is 24.3. The van der Waals surface area contributed by atoms with Crippen molar-refractivity contribution in [2.24, 2.45) is 0 Å². The zero-order chi connectivity index (χ0) is 14.3. The maximum atomic E-state index is 11.5. The molecular formula is C14H20N2O3. The molecule has 1 rings (SSSR count). The predicted octanol–water partition coefficient (Wildman–Crippen LogP) is 1.34. The van der Waals surface area contributed by atoms with Gasteiger partial charge in [-0.3, -0.25) is 9.69 Å². The Bertz CT molecular complexity index is 429. The van der Waals surface area contributed by atoms with Crippen molar-refractivity contribution in [1.82, 2.24) is 10.2 Å². The number of carbonyl (C=O) groups excluding carboxylic acids is 1. The molecule has 1 aromatic rings. The molecule has 5 heteroatoms. The van der Waals surface area contributed by atoms with Crippen molar-refractivity contribution in [2.45, 2.75) is 20.4 Å². The molecule has 104 valence electrons. The van der Waals surface area contributed by atoms with Crippen molar-refractivity contribution >= 4 is 11.9 Å². The molecule has 0 aliphatic rings. The van der Waals surface area contributed by atoms with Crippen LogP contribution < -0.4 is 5.32 Å². The van der Waals surface area contributed by atoms with E-state index in [1.807, 2.05) is 18.7 Å². The lowest BCUT2D eigenvalue weighted by Crippen LogP contribution is -2.36. The quantitative estimate of drug-likeness (QED) is 0.780. The van der Waals surface area contributed by atoms with Gasteiger partial charge < -0.3 is 10.4 Å². The molecule has 0 aliphatic carbocycles. The molecule has 19 heavy (non-hydrogen) atoms. The van der Waals surface area contributed by atoms with Crippen molar-refractivity contribution < 1.29 is 14.7 Å². The third kappa shape index (κ3) is 5.09. The first-order chi connectivity index (χ1) is 9.06. The Kier molecular flexibility index (Phi) is 6.02. The first kappa shape index (κ1) is 15.2. The number of hydrogen-bond acceptors (Lipinski definition) is 3. The van der Waals surface area contributed by atoms with Crippen LogP contribution in [0, 0.1) is 0 Å². The van der Waals surface area contributed by atoms with Crippen molar-refractivity contribution in [3.05, 3.63) is 35.4 Å². The van der Waals surface area contributed by atoms with E-state index in [4.69, 9.17) is 5.11 Å². The molecule has 2 N–H and O–H groups in total. The molecule has 0 spiro atoms. The van der Waals surface area contributed by atoms with Gasteiger partial charge in [0.25, 0.3) is 0 Å². The molecule has 0 bridgehead atoms. The van der Waals surface area contributed by atoms with E-state index >= 15 is 0 Å². The molecule has 0 heterocycles. The molecule has 1 amide bonds. The molecule has 0 fully saturated rings. The number of hydrogen-bond donors (Lipinski definition) is 2. The van der Waals surface area contributed by atoms with Crippen LogP contribution in [0.25, 0.3) is 0 Å². The van der Waals surface area contributed by atoms with Gasteiger partial charge in [0.2, 0.25) is 5.91 Å². The third-order valence-electron chi connectivity index (χ3n) is 2.80. The number of nitrogens with one attached hydrogen (secondary N) is 1. The van der Waals surface area contributed by atoms with E-state index in [0.29, 0.717) is 19.6 Å². The van der Waals surface area contributed by atoms with Crippen LogP contribution in [0.3, 0.4) is 0 Å². The largest absolute Gasteiger partial charge is 0.478 e. The number of amides is 1. The molecule has 1 aromatic carbocycles. The van der Waals surface area contributed by atoms with E-state index in [1.54, 1.807) is 24.3 Å². The molecular weight excluding hydrogens is 244 g/mol. The Hall–Kier alpha value is -1.88. The second kappa shape index (κ2) is 7.53. The van der Waals surface area contributed by atoms with Crippen LogP contribution in [0.2, 0.25) is 0 Å². The van der Waals surface area contributed by atoms with Gasteiger partial charge in [-0.25, -0.2) is 4.79 Å². The van der Waals surface area contributed by atoms with E-state index in [0.717, 1.165) is 12.1 Å². The lowest BCUT2D eigenvalue weighted by molar-refractivity contribution is -0.122. The molecule has 0 radical (unpaired) electrons. The number of likely N-dealkylation sites (N-methyl/N-ethyl adjacent to an activating group) is 2. The highest BCUT2D eigenvalue weighted by atomic mass is 16.4. The fraction of sp³-hybridized carbons (Fsp3) is 0.429. The molecule has 0 atom stereocenters. The highest BCUT2D eigenvalue weighted by Gasteiger charge is 2.09. The summed E-state index contributed by atoms with van der Waals surface area (Å²) >= 11 is 0. The lowest BCUT2D eigenvalue weighted by Gasteiger charge is -2.19. The molecule has 0 aliphatic heterocycles. The van der Waals surface area contributed by atoms with Gasteiger partial charge in [-0.2, -0.15) is 0 Å². The summed E-state index contributed by atoms with van der Waals surface area (Å²) in [5.74, 6) is -0.923. The first-order valence-electron chi connectivity index (χ1n) is 6.38. The average molecular weight is 264 g/mol. The average Bonchev–Trinajstić information content (AvgIpc) is 2.38. The number of carboxylic acids is 1. The minimum atomic E-state index is -0.929. The van der Waals surface area contributed by atoms with Gasteiger partial charge >= 0.3 is 5.97 Å². The van der Waals surface area contributed by atoms with Crippen LogP contribution in [-0.2, 0) is 11.3 Å². The minimum Gasteiger partial charge on any atom is -0.478 e. The van der Waals surface area contributed by atoms with Crippen LogP contribution in [0.4, 0.5) is 0 Å². The van der Waals surface area contributed by atoms with Crippen molar-refractivity contribution in [3.8, 4) is 0 Å². The number of rotatable bonds is 7. The lowest BCUT2D eigenvalue weighted by atomic mass is 10.1. The smallest absolute Gasteiger partial charge is 0.335 e. The summed E-state index contributed by atoms with van der Waals surface area (Å²) in [6.07, 6.45) is 0. The van der Waals surface area contributed by atoms with Gasteiger partial charge in [-0.1, -0.05) is 19.1 Å². The van der Waals surface area contributed by atoms with Gasteiger partial charge in [0, 0.05) is 13.1 Å². The predicted molar refractivity (Wildman–Crippen MR) is 73.0 cm³/mol. The van der Waals surface area contributed by atoms with Gasteiger partial charge in [0.15, 0.2) is 0 Å². The summed E-state index contributed by atoms with van der Waals surface area (Å²) in [6.45, 7) is 6.25. The van der Waals surface area contributed by atoms with Crippen LogP contribution in [-0.4, -0.2) is 41.5 Å². The molecule has 0 saturated heterocycles. The number of carbonyl (C=O) groups is 2. The van der Waals surface area contributed by atoms with E-state index in [2.05, 4.69) is 5.32 Å². The number of carboxylic acid groups (broad SMARTS) is 1. The normalized spacial score (nSPS) is 10.5. The van der Waals surface area contributed by atoms with Gasteiger partial charge in [-0.05, 0) is 31.2 Å². The topological polar surface area (TPSA) is 69.6 Å². The molecule has 0 unspecified atom stereocenters. The number of aromatic carboxylic acids is 1. The molecule has 5 nitrogen and oxygen atoms in total. The fourth-order valence-corrected chi connectivity index (χ4v) is 1.75. The maximum absolute atomic E-state index is 11.5. The van der Waals surface area contributed by atoms with Crippen molar-refractivity contribution in [3.63, 3.8) is 0 Å². The summed E-state index contributed by atoms with van der Waals surface area (Å²) in [7, 11) is 0. The fourth-order valence-electron chi connectivity index (χ4n) is 1.75. The Morgan fingerprint density at radius 2 is 1.84 bits per heavy atom. The van der Waals surface area contributed by atoms with Crippen LogP contribution in [0.1, 0.15) is 29.8 Å². The van der Waals surface area contributed by atoms with Gasteiger partial charge in [0.05, 0.1) is 12.1 Å². The highest BCUT2D eigenvalue weighted by Crippen LogP contribution is 2.07. The SMILES string of the molecule is CCNC(=O)CN(CC)Cc1ccc(C(=O)O)cc1. The molecule has 0 saturated carbocycles. The van der Waals surface area contributed by atoms with Gasteiger partial charge in [0.1, 0.15) is 0 Å². The Balaban J connectivity index is 2.60. The second-order valence-corrected chi connectivity index (χ2v) is 4.26. The van der Waals surface area contributed by atoms with E-state index in [1.165, 1.54) is 0 Å². The Morgan fingerprint density at radius 3 is 2.32 bits per heavy atom. The third-order valence-corrected chi connectivity index (χ3v) is 2.80. The number of nitrogens with zero attached hydrogens (tertiary/aromatic N) is 1. The summed E-state index contributed by atoms with van der Waals surface area (Å²) in [5, 5.41) is 11.6. The monoisotopic (exact) mass is 264 g/mol. The first-order valence-corrected chi connectivity index (χ1v) is 6.38.